The predicted octanol–water partition coefficient (Wildman–Crippen LogP) is 1.99. The number of carbonyl (C=O) groups is 2. The van der Waals surface area contributed by atoms with Crippen molar-refractivity contribution in [3.8, 4) is 0 Å². The van der Waals surface area contributed by atoms with E-state index in [2.05, 4.69) is 15.0 Å². The second-order valence-corrected chi connectivity index (χ2v) is 12.5. The maximum atomic E-state index is 13.5. The molecular weight excluding hydrogens is 440 g/mol. The van der Waals surface area contributed by atoms with Crippen LogP contribution >= 0.6 is 0 Å². The summed E-state index contributed by atoms with van der Waals surface area (Å²) in [6.07, 6.45) is 7.37. The molecule has 2 unspecified atom stereocenters. The van der Waals surface area contributed by atoms with Gasteiger partial charge in [-0.25, -0.2) is 8.42 Å². The molecule has 5 fully saturated rings. The Hall–Kier alpha value is -2.52. The summed E-state index contributed by atoms with van der Waals surface area (Å²) in [6.45, 7) is 0. The van der Waals surface area contributed by atoms with Gasteiger partial charge in [-0.15, -0.1) is 0 Å². The van der Waals surface area contributed by atoms with E-state index in [1.807, 2.05) is 12.1 Å². The monoisotopic (exact) mass is 468 g/mol. The summed E-state index contributed by atoms with van der Waals surface area (Å²) in [5.74, 6) is 0.210. The topological polar surface area (TPSA) is 131 Å². The number of fused-ring (bicyclic) bond motifs is 1. The first-order chi connectivity index (χ1) is 15.6. The molecule has 9 heteroatoms. The molecule has 4 bridgehead atoms. The van der Waals surface area contributed by atoms with Crippen molar-refractivity contribution in [3.05, 3.63) is 36.5 Å². The van der Waals surface area contributed by atoms with Crippen molar-refractivity contribution in [3.63, 3.8) is 0 Å². The number of rotatable bonds is 6. The zero-order valence-corrected chi connectivity index (χ0v) is 19.2. The minimum absolute atomic E-state index is 0.0714. The number of para-hydroxylation sites is 1. The Bertz CT molecular complexity index is 1270. The number of primary amides is 1. The van der Waals surface area contributed by atoms with E-state index in [1.54, 1.807) is 18.3 Å². The van der Waals surface area contributed by atoms with Crippen LogP contribution in [0.3, 0.4) is 0 Å². The van der Waals surface area contributed by atoms with Crippen molar-refractivity contribution in [1.82, 2.24) is 15.0 Å². The Morgan fingerprint density at radius 2 is 1.73 bits per heavy atom. The molecule has 0 spiro atoms. The van der Waals surface area contributed by atoms with Gasteiger partial charge in [0.2, 0.25) is 21.8 Å². The second kappa shape index (κ2) is 6.76. The summed E-state index contributed by atoms with van der Waals surface area (Å²) in [5, 5.41) is 3.95. The largest absolute Gasteiger partial charge is 0.369 e. The third-order valence-electron chi connectivity index (χ3n) is 8.36. The molecule has 2 atom stereocenters. The van der Waals surface area contributed by atoms with Crippen molar-refractivity contribution < 1.29 is 18.0 Å². The Morgan fingerprint density at radius 1 is 1.03 bits per heavy atom. The molecular formula is C24H28N4O4S. The van der Waals surface area contributed by atoms with Crippen molar-refractivity contribution in [1.29, 1.82) is 0 Å². The fourth-order valence-corrected chi connectivity index (χ4v) is 8.77. The van der Waals surface area contributed by atoms with Crippen LogP contribution in [0.5, 0.6) is 0 Å². The van der Waals surface area contributed by atoms with E-state index >= 15 is 0 Å². The molecule has 0 saturated heterocycles. The second-order valence-electron chi connectivity index (χ2n) is 10.9. The van der Waals surface area contributed by atoms with Crippen molar-refractivity contribution in [2.24, 2.45) is 23.0 Å². The van der Waals surface area contributed by atoms with Gasteiger partial charge in [0.15, 0.2) is 0 Å². The van der Waals surface area contributed by atoms with E-state index in [4.69, 9.17) is 5.73 Å². The molecule has 2 aromatic rings. The van der Waals surface area contributed by atoms with Crippen molar-refractivity contribution in [2.75, 3.05) is 0 Å². The van der Waals surface area contributed by atoms with Crippen LogP contribution in [0.15, 0.2) is 41.4 Å². The van der Waals surface area contributed by atoms with E-state index in [-0.39, 0.29) is 16.7 Å². The molecule has 5 aliphatic carbocycles. The summed E-state index contributed by atoms with van der Waals surface area (Å²) in [4.78, 5) is 30.2. The van der Waals surface area contributed by atoms with Gasteiger partial charge in [-0.3, -0.25) is 14.6 Å². The van der Waals surface area contributed by atoms with Gasteiger partial charge in [-0.1, -0.05) is 18.2 Å². The first kappa shape index (κ1) is 21.0. The van der Waals surface area contributed by atoms with Crippen LogP contribution < -0.4 is 15.8 Å². The number of nitrogens with one attached hydrogen (secondary N) is 2. The third kappa shape index (κ3) is 3.27. The molecule has 0 radical (unpaired) electrons. The van der Waals surface area contributed by atoms with Crippen LogP contribution in [0.2, 0.25) is 0 Å². The lowest BCUT2D eigenvalue weighted by Crippen LogP contribution is -2.67. The number of carbonyl (C=O) groups excluding carboxylic acids is 2. The molecule has 0 aliphatic heterocycles. The maximum absolute atomic E-state index is 13.5. The lowest BCUT2D eigenvalue weighted by Gasteiger charge is -2.61. The quantitative estimate of drug-likeness (QED) is 0.597. The molecule has 1 heterocycles. The van der Waals surface area contributed by atoms with E-state index in [1.165, 1.54) is 6.07 Å². The molecule has 1 aromatic carbocycles. The fraction of sp³-hybridized carbons (Fsp3) is 0.542. The Morgan fingerprint density at radius 3 is 2.39 bits per heavy atom. The van der Waals surface area contributed by atoms with E-state index in [0.717, 1.165) is 37.5 Å². The number of sulfonamides is 1. The SMILES string of the molecule is NC(=O)C12CC3CC(CC(NC(=O)C4(NS(=O)(=O)c5cccc6cccnc56)CC4)(C3)C1)C2. The minimum Gasteiger partial charge on any atom is -0.369 e. The van der Waals surface area contributed by atoms with Crippen LogP contribution in [0.4, 0.5) is 0 Å². The van der Waals surface area contributed by atoms with Gasteiger partial charge in [-0.2, -0.15) is 4.72 Å². The van der Waals surface area contributed by atoms with Gasteiger partial charge < -0.3 is 11.1 Å². The predicted molar refractivity (Wildman–Crippen MR) is 121 cm³/mol. The molecule has 1 aromatic heterocycles. The van der Waals surface area contributed by atoms with Crippen molar-refractivity contribution in [2.45, 2.75) is 67.3 Å². The maximum Gasteiger partial charge on any atom is 0.243 e. The van der Waals surface area contributed by atoms with Gasteiger partial charge in [0.1, 0.15) is 10.4 Å². The molecule has 5 saturated carbocycles. The summed E-state index contributed by atoms with van der Waals surface area (Å²) in [5.41, 5.74) is 4.04. The average molecular weight is 469 g/mol. The smallest absolute Gasteiger partial charge is 0.243 e. The minimum atomic E-state index is -3.97. The van der Waals surface area contributed by atoms with Crippen LogP contribution in [0.1, 0.15) is 51.4 Å². The first-order valence-corrected chi connectivity index (χ1v) is 13.1. The van der Waals surface area contributed by atoms with Gasteiger partial charge in [0.25, 0.3) is 0 Å². The van der Waals surface area contributed by atoms with Crippen LogP contribution in [-0.4, -0.2) is 36.3 Å². The van der Waals surface area contributed by atoms with Crippen LogP contribution in [0, 0.1) is 17.3 Å². The Balaban J connectivity index is 1.26. The average Bonchev–Trinajstić information content (AvgIpc) is 3.52. The first-order valence-electron chi connectivity index (χ1n) is 11.6. The fourth-order valence-electron chi connectivity index (χ4n) is 7.16. The Labute approximate surface area is 192 Å². The van der Waals surface area contributed by atoms with E-state index < -0.39 is 26.5 Å². The van der Waals surface area contributed by atoms with Gasteiger partial charge in [-0.05, 0) is 75.3 Å². The number of hydrogen-bond acceptors (Lipinski definition) is 5. The zero-order chi connectivity index (χ0) is 23.1. The number of benzene rings is 1. The zero-order valence-electron chi connectivity index (χ0n) is 18.3. The normalized spacial score (nSPS) is 33.7. The molecule has 7 rings (SSSR count). The summed E-state index contributed by atoms with van der Waals surface area (Å²) < 4.78 is 29.3. The lowest BCUT2D eigenvalue weighted by molar-refractivity contribution is -0.151. The third-order valence-corrected chi connectivity index (χ3v) is 9.93. The molecule has 2 amide bonds. The number of hydrogen-bond donors (Lipinski definition) is 3. The lowest BCUT2D eigenvalue weighted by atomic mass is 9.46. The van der Waals surface area contributed by atoms with Gasteiger partial charge in [0, 0.05) is 17.1 Å². The summed E-state index contributed by atoms with van der Waals surface area (Å²) >= 11 is 0. The number of pyridine rings is 1. The van der Waals surface area contributed by atoms with E-state index in [9.17, 15) is 18.0 Å². The number of amides is 2. The highest BCUT2D eigenvalue weighted by Crippen LogP contribution is 2.61. The highest BCUT2D eigenvalue weighted by atomic mass is 32.2. The van der Waals surface area contributed by atoms with Gasteiger partial charge in [0.05, 0.1) is 10.9 Å². The summed E-state index contributed by atoms with van der Waals surface area (Å²) in [6, 6.07) is 8.57. The summed E-state index contributed by atoms with van der Waals surface area (Å²) in [7, 11) is -3.97. The van der Waals surface area contributed by atoms with Crippen LogP contribution in [-0.2, 0) is 19.6 Å². The molecule has 4 N–H and O–H groups in total. The molecule has 174 valence electrons. The van der Waals surface area contributed by atoms with Crippen molar-refractivity contribution >= 4 is 32.7 Å². The highest BCUT2D eigenvalue weighted by molar-refractivity contribution is 7.89. The van der Waals surface area contributed by atoms with E-state index in [0.29, 0.717) is 36.6 Å². The molecule has 8 nitrogen and oxygen atoms in total. The molecule has 33 heavy (non-hydrogen) atoms. The number of nitrogens with zero attached hydrogens (tertiary/aromatic N) is 1. The van der Waals surface area contributed by atoms with Gasteiger partial charge >= 0.3 is 0 Å². The Kier molecular flexibility index (Phi) is 4.31. The number of nitrogens with two attached hydrogens (primary N) is 1. The highest BCUT2D eigenvalue weighted by Gasteiger charge is 2.62. The molecule has 5 aliphatic rings. The van der Waals surface area contributed by atoms with Crippen LogP contribution in [0.25, 0.3) is 10.9 Å². The standard InChI is InChI=1S/C24H28N4O4S/c25-20(29)22-10-15-9-16(11-22)13-23(12-15,14-22)27-21(30)24(6-7-24)28-33(31,32)18-5-1-3-17-4-2-8-26-19(17)18/h1-5,8,15-16,28H,6-7,9-14H2,(H2,25,29)(H,27,30). The number of aromatic nitrogens is 1.